The Morgan fingerprint density at radius 3 is 2.89 bits per heavy atom. The van der Waals surface area contributed by atoms with E-state index in [1.165, 1.54) is 19.3 Å². The molecule has 142 valence electrons. The van der Waals surface area contributed by atoms with E-state index in [0.29, 0.717) is 30.0 Å². The Kier molecular flexibility index (Phi) is 4.47. The number of fused-ring (bicyclic) bond motifs is 1. The maximum atomic E-state index is 14.4. The average Bonchev–Trinajstić information content (AvgIpc) is 3.29. The predicted molar refractivity (Wildman–Crippen MR) is 107 cm³/mol. The first kappa shape index (κ1) is 18.0. The zero-order valence-electron chi connectivity index (χ0n) is 15.8. The number of nitrogens with zero attached hydrogens (tertiary/aromatic N) is 3. The molecule has 2 heterocycles. The molecule has 0 saturated carbocycles. The van der Waals surface area contributed by atoms with Gasteiger partial charge in [0.15, 0.2) is 0 Å². The molecule has 4 rings (SSSR count). The summed E-state index contributed by atoms with van der Waals surface area (Å²) in [6.45, 7) is 4.62. The van der Waals surface area contributed by atoms with Crippen LogP contribution < -0.4 is 4.74 Å². The molecule has 1 aromatic heterocycles. The van der Waals surface area contributed by atoms with Crippen molar-refractivity contribution >= 4 is 22.4 Å². The number of carbonyl (C=O) groups excluding carboxylic acids is 1. The zero-order chi connectivity index (χ0) is 19.8. The number of hydrogen-bond donors (Lipinski definition) is 0. The Morgan fingerprint density at radius 2 is 2.14 bits per heavy atom. The van der Waals surface area contributed by atoms with Crippen LogP contribution in [0, 0.1) is 5.82 Å². The average molecular weight is 377 g/mol. The van der Waals surface area contributed by atoms with Gasteiger partial charge in [-0.05, 0) is 41.5 Å². The number of aryl methyl sites for hydroxylation is 1. The van der Waals surface area contributed by atoms with E-state index in [-0.39, 0.29) is 11.7 Å². The molecular weight excluding hydrogens is 357 g/mol. The van der Waals surface area contributed by atoms with Crippen molar-refractivity contribution in [3.8, 4) is 16.9 Å². The molecule has 1 amide bonds. The number of amides is 1. The van der Waals surface area contributed by atoms with Crippen LogP contribution in [0.15, 0.2) is 55.1 Å². The highest BCUT2D eigenvalue weighted by molar-refractivity contribution is 5.96. The van der Waals surface area contributed by atoms with Gasteiger partial charge in [0.25, 0.3) is 0 Å². The first-order chi connectivity index (χ1) is 13.5. The summed E-state index contributed by atoms with van der Waals surface area (Å²) in [6.07, 6.45) is 3.36. The molecule has 0 aliphatic carbocycles. The maximum absolute atomic E-state index is 14.4. The Bertz CT molecular complexity index is 1130. The highest BCUT2D eigenvalue weighted by Crippen LogP contribution is 2.36. The van der Waals surface area contributed by atoms with Crippen molar-refractivity contribution < 1.29 is 13.9 Å². The van der Waals surface area contributed by atoms with Gasteiger partial charge in [-0.2, -0.15) is 5.10 Å². The van der Waals surface area contributed by atoms with E-state index in [4.69, 9.17) is 4.74 Å². The van der Waals surface area contributed by atoms with Gasteiger partial charge in [-0.3, -0.25) is 9.48 Å². The lowest BCUT2D eigenvalue weighted by molar-refractivity contribution is -0.124. The zero-order valence-corrected chi connectivity index (χ0v) is 15.8. The summed E-state index contributed by atoms with van der Waals surface area (Å²) in [7, 11) is 3.40. The van der Waals surface area contributed by atoms with Gasteiger partial charge in [0, 0.05) is 25.5 Å². The number of carbonyl (C=O) groups is 1. The van der Waals surface area contributed by atoms with Crippen LogP contribution in [-0.4, -0.2) is 40.8 Å². The fraction of sp³-hybridized carbons (Fsp3) is 0.182. The molecule has 28 heavy (non-hydrogen) atoms. The van der Waals surface area contributed by atoms with E-state index in [9.17, 15) is 9.18 Å². The summed E-state index contributed by atoms with van der Waals surface area (Å²) in [4.78, 5) is 13.6. The van der Waals surface area contributed by atoms with Gasteiger partial charge < -0.3 is 9.64 Å². The van der Waals surface area contributed by atoms with Crippen molar-refractivity contribution in [2.75, 3.05) is 20.2 Å². The van der Waals surface area contributed by atoms with E-state index >= 15 is 0 Å². The van der Waals surface area contributed by atoms with Crippen molar-refractivity contribution in [1.82, 2.24) is 14.7 Å². The van der Waals surface area contributed by atoms with E-state index in [1.54, 1.807) is 21.7 Å². The molecule has 2 aromatic carbocycles. The summed E-state index contributed by atoms with van der Waals surface area (Å²) >= 11 is 0. The van der Waals surface area contributed by atoms with E-state index in [0.717, 1.165) is 22.2 Å². The summed E-state index contributed by atoms with van der Waals surface area (Å²) < 4.78 is 21.6. The molecule has 1 aliphatic heterocycles. The fourth-order valence-corrected chi connectivity index (χ4v) is 3.72. The normalized spacial score (nSPS) is 13.7. The number of hydrogen-bond acceptors (Lipinski definition) is 3. The second kappa shape index (κ2) is 6.96. The third-order valence-electron chi connectivity index (χ3n) is 5.03. The number of rotatable bonds is 4. The van der Waals surface area contributed by atoms with Gasteiger partial charge in [-0.25, -0.2) is 4.39 Å². The molecule has 0 bridgehead atoms. The highest BCUT2D eigenvalue weighted by atomic mass is 19.1. The summed E-state index contributed by atoms with van der Waals surface area (Å²) in [6, 6.07) is 10.5. The standard InChI is InChI=1S/C22H20FN3O2/c1-4-20(27)26-11-10-15(13-26)22-16-9-8-14(12-18(16)24-25(22)2)21-17(23)6-5-7-19(21)28-3/h4-10,12H,1,11,13H2,2-3H3. The van der Waals surface area contributed by atoms with Crippen molar-refractivity contribution in [2.45, 2.75) is 0 Å². The number of benzene rings is 2. The van der Waals surface area contributed by atoms with Crippen molar-refractivity contribution in [3.05, 3.63) is 66.6 Å². The van der Waals surface area contributed by atoms with Crippen LogP contribution in [0.5, 0.6) is 5.75 Å². The van der Waals surface area contributed by atoms with Crippen molar-refractivity contribution in [2.24, 2.45) is 7.05 Å². The van der Waals surface area contributed by atoms with Crippen molar-refractivity contribution in [3.63, 3.8) is 0 Å². The van der Waals surface area contributed by atoms with Crippen LogP contribution in [0.25, 0.3) is 27.6 Å². The SMILES string of the molecule is C=CC(=O)N1CC=C(c2c3ccc(-c4c(F)cccc4OC)cc3nn2C)C1. The first-order valence-corrected chi connectivity index (χ1v) is 8.94. The fourth-order valence-electron chi connectivity index (χ4n) is 3.72. The minimum absolute atomic E-state index is 0.0911. The largest absolute Gasteiger partial charge is 0.496 e. The molecule has 0 fully saturated rings. The molecule has 5 nitrogen and oxygen atoms in total. The monoisotopic (exact) mass is 377 g/mol. The minimum Gasteiger partial charge on any atom is -0.496 e. The molecule has 6 heteroatoms. The topological polar surface area (TPSA) is 47.4 Å². The Labute approximate surface area is 162 Å². The smallest absolute Gasteiger partial charge is 0.246 e. The Morgan fingerprint density at radius 1 is 1.32 bits per heavy atom. The second-order valence-electron chi connectivity index (χ2n) is 6.67. The van der Waals surface area contributed by atoms with Gasteiger partial charge in [-0.15, -0.1) is 0 Å². The summed E-state index contributed by atoms with van der Waals surface area (Å²) in [5.74, 6) is 0.0474. The lowest BCUT2D eigenvalue weighted by Gasteiger charge is -2.14. The van der Waals surface area contributed by atoms with Gasteiger partial charge in [0.1, 0.15) is 11.6 Å². The van der Waals surface area contributed by atoms with Gasteiger partial charge in [-0.1, -0.05) is 24.8 Å². The molecule has 0 saturated heterocycles. The lowest BCUT2D eigenvalue weighted by atomic mass is 10.0. The third kappa shape index (κ3) is 2.87. The van der Waals surface area contributed by atoms with E-state index in [2.05, 4.69) is 11.7 Å². The van der Waals surface area contributed by atoms with Gasteiger partial charge in [0.05, 0.1) is 23.9 Å². The van der Waals surface area contributed by atoms with Crippen LogP contribution in [0.1, 0.15) is 5.69 Å². The third-order valence-corrected chi connectivity index (χ3v) is 5.03. The van der Waals surface area contributed by atoms with Crippen molar-refractivity contribution in [1.29, 1.82) is 0 Å². The van der Waals surface area contributed by atoms with Gasteiger partial charge in [0.2, 0.25) is 5.91 Å². The molecule has 0 atom stereocenters. The molecule has 0 N–H and O–H groups in total. The van der Waals surface area contributed by atoms with Crippen LogP contribution in [0.2, 0.25) is 0 Å². The Hall–Kier alpha value is -3.41. The van der Waals surface area contributed by atoms with E-state index < -0.39 is 0 Å². The van der Waals surface area contributed by atoms with Crippen LogP contribution in [0.4, 0.5) is 4.39 Å². The molecule has 3 aromatic rings. The highest BCUT2D eigenvalue weighted by Gasteiger charge is 2.23. The Balaban J connectivity index is 1.77. The minimum atomic E-state index is -0.341. The second-order valence-corrected chi connectivity index (χ2v) is 6.67. The summed E-state index contributed by atoms with van der Waals surface area (Å²) in [5.41, 5.74) is 3.88. The molecule has 0 radical (unpaired) electrons. The number of aromatic nitrogens is 2. The molecular formula is C22H20FN3O2. The first-order valence-electron chi connectivity index (χ1n) is 8.94. The lowest BCUT2D eigenvalue weighted by Crippen LogP contribution is -2.26. The van der Waals surface area contributed by atoms with Gasteiger partial charge >= 0.3 is 0 Å². The molecule has 1 aliphatic rings. The van der Waals surface area contributed by atoms with E-state index in [1.807, 2.05) is 31.3 Å². The number of ether oxygens (including phenoxy) is 1. The van der Waals surface area contributed by atoms with Crippen LogP contribution >= 0.6 is 0 Å². The molecule has 0 spiro atoms. The number of halogens is 1. The summed E-state index contributed by atoms with van der Waals surface area (Å²) in [5, 5.41) is 5.57. The quantitative estimate of drug-likeness (QED) is 0.650. The predicted octanol–water partition coefficient (Wildman–Crippen LogP) is 3.80. The van der Waals surface area contributed by atoms with Crippen LogP contribution in [-0.2, 0) is 11.8 Å². The number of methoxy groups -OCH3 is 1. The maximum Gasteiger partial charge on any atom is 0.246 e. The van der Waals surface area contributed by atoms with Crippen LogP contribution in [0.3, 0.4) is 0 Å². The molecule has 0 unspecified atom stereocenters.